The van der Waals surface area contributed by atoms with Crippen LogP contribution in [-0.4, -0.2) is 42.0 Å². The second kappa shape index (κ2) is 9.60. The summed E-state index contributed by atoms with van der Waals surface area (Å²) in [6.07, 6.45) is -0.352. The molecule has 0 unspecified atom stereocenters. The summed E-state index contributed by atoms with van der Waals surface area (Å²) >= 11 is 0. The summed E-state index contributed by atoms with van der Waals surface area (Å²) < 4.78 is 45.6. The fourth-order valence-corrected chi connectivity index (χ4v) is 4.38. The molecule has 0 spiro atoms. The lowest BCUT2D eigenvalue weighted by molar-refractivity contribution is -0.123. The van der Waals surface area contributed by atoms with Crippen LogP contribution in [0.1, 0.15) is 54.1 Å². The van der Waals surface area contributed by atoms with Crippen molar-refractivity contribution in [3.8, 4) is 11.5 Å². The highest BCUT2D eigenvalue weighted by molar-refractivity contribution is 5.97. The minimum absolute atomic E-state index is 0.00713. The van der Waals surface area contributed by atoms with Crippen molar-refractivity contribution in [2.24, 2.45) is 0 Å². The van der Waals surface area contributed by atoms with Gasteiger partial charge in [0, 0.05) is 23.6 Å². The van der Waals surface area contributed by atoms with E-state index in [1.807, 2.05) is 0 Å². The van der Waals surface area contributed by atoms with Crippen molar-refractivity contribution in [3.63, 3.8) is 0 Å². The zero-order valence-corrected chi connectivity index (χ0v) is 20.3. The fourth-order valence-electron chi connectivity index (χ4n) is 4.38. The van der Waals surface area contributed by atoms with Gasteiger partial charge in [-0.25, -0.2) is 8.78 Å². The standard InChI is InChI=1S/C26H26F2N2O6/c1-26(2,3)23-17(27)9-14(10-18(23)28)11-19(31)24-16-6-5-15(34-4)12-20(16)35-8-7-30(24)25(33)21-13-22(32)29-36-21/h5-6,9-10,12-13,24H,7-8,11H2,1-4H3,(H,29,32)/t24-/m0/s1. The van der Waals surface area contributed by atoms with Crippen molar-refractivity contribution in [2.75, 3.05) is 20.3 Å². The number of H-pyrrole nitrogens is 1. The summed E-state index contributed by atoms with van der Waals surface area (Å²) in [6.45, 7) is 5.12. The smallest absolute Gasteiger partial charge is 0.293 e. The number of amides is 1. The number of rotatable bonds is 5. The Labute approximate surface area is 205 Å². The number of aromatic nitrogens is 1. The van der Waals surface area contributed by atoms with Crippen molar-refractivity contribution in [1.82, 2.24) is 10.1 Å². The van der Waals surface area contributed by atoms with Gasteiger partial charge >= 0.3 is 0 Å². The average molecular weight is 500 g/mol. The molecular weight excluding hydrogens is 474 g/mol. The molecule has 10 heteroatoms. The molecule has 3 aromatic rings. The second-order valence-corrected chi connectivity index (χ2v) is 9.56. The van der Waals surface area contributed by atoms with Gasteiger partial charge in [-0.2, -0.15) is 5.16 Å². The first-order valence-electron chi connectivity index (χ1n) is 11.3. The largest absolute Gasteiger partial charge is 0.497 e. The van der Waals surface area contributed by atoms with Crippen molar-refractivity contribution in [3.05, 3.63) is 80.8 Å². The zero-order chi connectivity index (χ0) is 26.2. The van der Waals surface area contributed by atoms with Crippen LogP contribution >= 0.6 is 0 Å². The van der Waals surface area contributed by atoms with E-state index in [1.54, 1.807) is 39.0 Å². The maximum Gasteiger partial charge on any atom is 0.293 e. The van der Waals surface area contributed by atoms with Crippen LogP contribution < -0.4 is 15.0 Å². The van der Waals surface area contributed by atoms with Gasteiger partial charge in [-0.3, -0.25) is 14.4 Å². The molecule has 1 aromatic heterocycles. The molecule has 1 N–H and O–H groups in total. The molecule has 0 saturated carbocycles. The summed E-state index contributed by atoms with van der Waals surface area (Å²) in [6, 6.07) is 6.90. The monoisotopic (exact) mass is 500 g/mol. The van der Waals surface area contributed by atoms with E-state index in [-0.39, 0.29) is 36.5 Å². The third-order valence-corrected chi connectivity index (χ3v) is 5.95. The van der Waals surface area contributed by atoms with E-state index in [9.17, 15) is 23.2 Å². The number of Topliss-reactive ketones (excluding diaryl/α,β-unsaturated/α-hetero) is 1. The van der Waals surface area contributed by atoms with Crippen LogP contribution in [0.25, 0.3) is 0 Å². The van der Waals surface area contributed by atoms with E-state index in [2.05, 4.69) is 5.16 Å². The molecule has 36 heavy (non-hydrogen) atoms. The van der Waals surface area contributed by atoms with E-state index >= 15 is 0 Å². The van der Waals surface area contributed by atoms with Crippen molar-refractivity contribution < 1.29 is 32.4 Å². The Bertz CT molecular complexity index is 1350. The predicted molar refractivity (Wildman–Crippen MR) is 125 cm³/mol. The van der Waals surface area contributed by atoms with Gasteiger partial charge in [0.05, 0.1) is 19.7 Å². The third kappa shape index (κ3) is 4.89. The summed E-state index contributed by atoms with van der Waals surface area (Å²) in [5, 5.41) is 2.06. The SMILES string of the molecule is COc1ccc2c(c1)OCCN(C(=O)c1cc(=O)[nH]o1)[C@@H]2C(=O)Cc1cc(F)c(C(C)(C)C)c(F)c1. The number of methoxy groups -OCH3 is 1. The Kier molecular flexibility index (Phi) is 6.71. The summed E-state index contributed by atoms with van der Waals surface area (Å²) in [7, 11) is 1.48. The number of benzene rings is 2. The van der Waals surface area contributed by atoms with Crippen LogP contribution in [0.2, 0.25) is 0 Å². The van der Waals surface area contributed by atoms with Gasteiger partial charge < -0.3 is 18.9 Å². The molecule has 1 amide bonds. The number of aromatic amines is 1. The molecule has 8 nitrogen and oxygen atoms in total. The highest BCUT2D eigenvalue weighted by Crippen LogP contribution is 2.37. The van der Waals surface area contributed by atoms with Crippen LogP contribution in [0.3, 0.4) is 0 Å². The topological polar surface area (TPSA) is 102 Å². The summed E-state index contributed by atoms with van der Waals surface area (Å²) in [5.74, 6) is -2.16. The molecule has 4 rings (SSSR count). The number of ketones is 1. The molecule has 0 radical (unpaired) electrons. The van der Waals surface area contributed by atoms with Gasteiger partial charge in [0.2, 0.25) is 5.76 Å². The average Bonchev–Trinajstić information content (AvgIpc) is 3.13. The highest BCUT2D eigenvalue weighted by Gasteiger charge is 2.37. The lowest BCUT2D eigenvalue weighted by atomic mass is 9.85. The molecule has 0 saturated heterocycles. The molecule has 1 aliphatic heterocycles. The number of fused-ring (bicyclic) bond motifs is 1. The van der Waals surface area contributed by atoms with Crippen LogP contribution in [0.5, 0.6) is 11.5 Å². The number of ether oxygens (including phenoxy) is 2. The summed E-state index contributed by atoms with van der Waals surface area (Å²) in [5.41, 5.74) is -0.946. The molecule has 2 aromatic carbocycles. The maximum absolute atomic E-state index is 14.8. The van der Waals surface area contributed by atoms with Gasteiger partial charge in [-0.15, -0.1) is 0 Å². The van der Waals surface area contributed by atoms with Crippen molar-refractivity contribution >= 4 is 11.7 Å². The van der Waals surface area contributed by atoms with Crippen LogP contribution in [-0.2, 0) is 16.6 Å². The van der Waals surface area contributed by atoms with Gasteiger partial charge in [-0.05, 0) is 35.2 Å². The van der Waals surface area contributed by atoms with Crippen LogP contribution in [0.4, 0.5) is 8.78 Å². The van der Waals surface area contributed by atoms with Gasteiger partial charge in [0.1, 0.15) is 35.8 Å². The first kappa shape index (κ1) is 25.2. The first-order chi connectivity index (χ1) is 17.0. The van der Waals surface area contributed by atoms with E-state index in [1.165, 1.54) is 12.0 Å². The highest BCUT2D eigenvalue weighted by atomic mass is 19.1. The van der Waals surface area contributed by atoms with Crippen molar-refractivity contribution in [2.45, 2.75) is 38.6 Å². The fraction of sp³-hybridized carbons (Fsp3) is 0.346. The number of halogens is 2. The van der Waals surface area contributed by atoms with Gasteiger partial charge in [-0.1, -0.05) is 20.8 Å². The third-order valence-electron chi connectivity index (χ3n) is 5.95. The first-order valence-corrected chi connectivity index (χ1v) is 11.3. The number of nitrogens with one attached hydrogen (secondary N) is 1. The van der Waals surface area contributed by atoms with E-state index in [4.69, 9.17) is 14.0 Å². The Morgan fingerprint density at radius 2 is 1.83 bits per heavy atom. The lowest BCUT2D eigenvalue weighted by Gasteiger charge is -2.28. The van der Waals surface area contributed by atoms with Gasteiger partial charge in [0.15, 0.2) is 5.78 Å². The molecular formula is C26H26F2N2O6. The zero-order valence-electron chi connectivity index (χ0n) is 20.3. The molecule has 0 aliphatic carbocycles. The van der Waals surface area contributed by atoms with E-state index in [0.29, 0.717) is 17.1 Å². The number of carbonyl (C=O) groups is 2. The van der Waals surface area contributed by atoms with Crippen molar-refractivity contribution in [1.29, 1.82) is 0 Å². The molecule has 0 bridgehead atoms. The number of carbonyl (C=O) groups excluding carboxylic acids is 2. The maximum atomic E-state index is 14.8. The molecule has 190 valence electrons. The van der Waals surface area contributed by atoms with Gasteiger partial charge in [0.25, 0.3) is 11.5 Å². The van der Waals surface area contributed by atoms with Crippen LogP contribution in [0, 0.1) is 11.6 Å². The number of hydrogen-bond donors (Lipinski definition) is 1. The Balaban J connectivity index is 1.75. The number of hydrogen-bond acceptors (Lipinski definition) is 6. The molecule has 1 atom stereocenters. The second-order valence-electron chi connectivity index (χ2n) is 9.56. The van der Waals surface area contributed by atoms with E-state index < -0.39 is 40.3 Å². The predicted octanol–water partition coefficient (Wildman–Crippen LogP) is 3.94. The minimum Gasteiger partial charge on any atom is -0.497 e. The molecule has 2 heterocycles. The minimum atomic E-state index is -1.17. The Morgan fingerprint density at radius 3 is 2.42 bits per heavy atom. The summed E-state index contributed by atoms with van der Waals surface area (Å²) in [4.78, 5) is 39.7. The Hall–Kier alpha value is -3.95. The molecule has 1 aliphatic rings. The quantitative estimate of drug-likeness (QED) is 0.570. The molecule has 0 fully saturated rings. The normalized spacial score (nSPS) is 15.6. The van der Waals surface area contributed by atoms with Crippen LogP contribution in [0.15, 0.2) is 45.7 Å². The van der Waals surface area contributed by atoms with E-state index in [0.717, 1.165) is 18.2 Å². The lowest BCUT2D eigenvalue weighted by Crippen LogP contribution is -2.40. The number of nitrogens with zero attached hydrogens (tertiary/aromatic N) is 1. The Morgan fingerprint density at radius 1 is 1.14 bits per heavy atom.